The molecule has 2 aliphatic heterocycles. The molecule has 3 rings (SSSR count). The van der Waals surface area contributed by atoms with E-state index >= 15 is 0 Å². The van der Waals surface area contributed by atoms with Crippen molar-refractivity contribution in [2.24, 2.45) is 0 Å². The lowest BCUT2D eigenvalue weighted by Crippen LogP contribution is -2.60. The first kappa shape index (κ1) is 21.7. The summed E-state index contributed by atoms with van der Waals surface area (Å²) in [6, 6.07) is 8.00. The average Bonchev–Trinajstić information content (AvgIpc) is 2.70. The largest absolute Gasteiger partial charge is 0.374 e. The van der Waals surface area contributed by atoms with Crippen LogP contribution in [0.4, 0.5) is 4.39 Å². The summed E-state index contributed by atoms with van der Waals surface area (Å²) in [7, 11) is 0. The minimum absolute atomic E-state index is 0.257. The zero-order valence-corrected chi connectivity index (χ0v) is 17.0. The van der Waals surface area contributed by atoms with Crippen LogP contribution in [0, 0.1) is 0 Å². The number of ether oxygens (including phenoxy) is 5. The number of hydrogen-bond acceptors (Lipinski definition) is 5. The smallest absolute Gasteiger partial charge is 0.228 e. The van der Waals surface area contributed by atoms with Crippen LogP contribution >= 0.6 is 0 Å². The van der Waals surface area contributed by atoms with Gasteiger partial charge in [-0.1, -0.05) is 51.0 Å². The highest BCUT2D eigenvalue weighted by molar-refractivity contribution is 5.26. The number of benzene rings is 1. The van der Waals surface area contributed by atoms with Gasteiger partial charge in [0, 0.05) is 13.2 Å². The Balaban J connectivity index is 1.81. The zero-order chi connectivity index (χ0) is 19.8. The Bertz CT molecular complexity index is 584. The van der Waals surface area contributed by atoms with E-state index in [-0.39, 0.29) is 6.61 Å². The van der Waals surface area contributed by atoms with Gasteiger partial charge in [-0.3, -0.25) is 0 Å². The second-order valence-electron chi connectivity index (χ2n) is 7.46. The van der Waals surface area contributed by atoms with Crippen molar-refractivity contribution in [3.63, 3.8) is 0 Å². The highest BCUT2D eigenvalue weighted by Gasteiger charge is 2.48. The maximum atomic E-state index is 14.9. The maximum Gasteiger partial charge on any atom is 0.228 e. The molecule has 0 saturated carbocycles. The van der Waals surface area contributed by atoms with Gasteiger partial charge in [-0.05, 0) is 24.0 Å². The summed E-state index contributed by atoms with van der Waals surface area (Å²) < 4.78 is 44.6. The van der Waals surface area contributed by atoms with E-state index in [1.807, 2.05) is 24.3 Å². The van der Waals surface area contributed by atoms with Crippen molar-refractivity contribution < 1.29 is 28.1 Å². The van der Waals surface area contributed by atoms with Crippen LogP contribution in [0.1, 0.15) is 50.7 Å². The molecule has 0 radical (unpaired) electrons. The molecule has 0 N–H and O–H groups in total. The van der Waals surface area contributed by atoms with Gasteiger partial charge in [0.2, 0.25) is 6.36 Å². The van der Waals surface area contributed by atoms with Crippen molar-refractivity contribution in [1.82, 2.24) is 0 Å². The standard InChI is InChI=1S/C22H33FO5/c1-3-5-11-25-19-18-15-24-13-16-9-7-8-10-17(16)14-27-20(19)21(22(23)28-18)26-12-6-4-2/h7-10,18-22H,3-6,11-15H2,1-2H3/t18?,19-,20?,21?,22+/m0/s1. The molecule has 158 valence electrons. The van der Waals surface area contributed by atoms with Crippen LogP contribution < -0.4 is 0 Å². The van der Waals surface area contributed by atoms with Crippen LogP contribution in [0.5, 0.6) is 0 Å². The molecular formula is C22H33FO5. The molecule has 1 aromatic carbocycles. The van der Waals surface area contributed by atoms with Crippen molar-refractivity contribution >= 4 is 0 Å². The van der Waals surface area contributed by atoms with Crippen molar-refractivity contribution in [2.75, 3.05) is 19.8 Å². The summed E-state index contributed by atoms with van der Waals surface area (Å²) in [6.07, 6.45) is -0.0447. The number of rotatable bonds is 8. The molecular weight excluding hydrogens is 363 g/mol. The molecule has 0 aromatic heterocycles. The van der Waals surface area contributed by atoms with Crippen molar-refractivity contribution in [3.8, 4) is 0 Å². The van der Waals surface area contributed by atoms with E-state index in [0.29, 0.717) is 26.4 Å². The van der Waals surface area contributed by atoms with Crippen molar-refractivity contribution in [2.45, 2.75) is 83.5 Å². The quantitative estimate of drug-likeness (QED) is 0.617. The van der Waals surface area contributed by atoms with E-state index in [1.54, 1.807) is 0 Å². The third-order valence-electron chi connectivity index (χ3n) is 5.28. The summed E-state index contributed by atoms with van der Waals surface area (Å²) in [4.78, 5) is 0. The summed E-state index contributed by atoms with van der Waals surface area (Å²) in [5, 5.41) is 0. The van der Waals surface area contributed by atoms with Gasteiger partial charge in [0.1, 0.15) is 24.4 Å². The zero-order valence-electron chi connectivity index (χ0n) is 17.0. The molecule has 1 fully saturated rings. The van der Waals surface area contributed by atoms with Gasteiger partial charge in [0.05, 0.1) is 19.8 Å². The molecule has 0 aliphatic carbocycles. The molecule has 28 heavy (non-hydrogen) atoms. The van der Waals surface area contributed by atoms with E-state index in [9.17, 15) is 4.39 Å². The minimum atomic E-state index is -1.56. The minimum Gasteiger partial charge on any atom is -0.374 e. The highest BCUT2D eigenvalue weighted by Crippen LogP contribution is 2.31. The topological polar surface area (TPSA) is 46.2 Å². The van der Waals surface area contributed by atoms with Crippen LogP contribution in [0.3, 0.4) is 0 Å². The van der Waals surface area contributed by atoms with Crippen LogP contribution in [-0.2, 0) is 36.9 Å². The summed E-state index contributed by atoms with van der Waals surface area (Å²) in [5.41, 5.74) is 2.12. The number of unbranched alkanes of at least 4 members (excludes halogenated alkanes) is 2. The Morgan fingerprint density at radius 2 is 1.61 bits per heavy atom. The fourth-order valence-electron chi connectivity index (χ4n) is 3.60. The van der Waals surface area contributed by atoms with Crippen molar-refractivity contribution in [1.29, 1.82) is 0 Å². The lowest BCUT2D eigenvalue weighted by molar-refractivity contribution is -0.296. The molecule has 2 bridgehead atoms. The number of alkyl halides is 1. The van der Waals surface area contributed by atoms with E-state index in [0.717, 1.165) is 36.8 Å². The average molecular weight is 396 g/mol. The van der Waals surface area contributed by atoms with Gasteiger partial charge in [0.25, 0.3) is 0 Å². The second-order valence-corrected chi connectivity index (χ2v) is 7.46. The fourth-order valence-corrected chi connectivity index (χ4v) is 3.60. The van der Waals surface area contributed by atoms with E-state index in [1.165, 1.54) is 0 Å². The Labute approximate surface area is 167 Å². The third kappa shape index (κ3) is 5.51. The summed E-state index contributed by atoms with van der Waals surface area (Å²) >= 11 is 0. The molecule has 2 aliphatic rings. The number of fused-ring (bicyclic) bond motifs is 3. The van der Waals surface area contributed by atoms with Crippen LogP contribution in [0.25, 0.3) is 0 Å². The lowest BCUT2D eigenvalue weighted by atomic mass is 9.98. The second kappa shape index (κ2) is 11.2. The van der Waals surface area contributed by atoms with Crippen LogP contribution in [-0.4, -0.2) is 50.6 Å². The van der Waals surface area contributed by atoms with Crippen LogP contribution in [0.2, 0.25) is 0 Å². The predicted molar refractivity (Wildman–Crippen MR) is 104 cm³/mol. The first-order chi connectivity index (χ1) is 13.7. The van der Waals surface area contributed by atoms with E-state index < -0.39 is 30.8 Å². The Morgan fingerprint density at radius 3 is 2.29 bits per heavy atom. The summed E-state index contributed by atoms with van der Waals surface area (Å²) in [6.45, 7) is 6.31. The van der Waals surface area contributed by atoms with Gasteiger partial charge in [0.15, 0.2) is 0 Å². The monoisotopic (exact) mass is 396 g/mol. The first-order valence-corrected chi connectivity index (χ1v) is 10.5. The van der Waals surface area contributed by atoms with E-state index in [2.05, 4.69) is 13.8 Å². The molecule has 6 heteroatoms. The molecule has 1 aromatic rings. The van der Waals surface area contributed by atoms with Crippen LogP contribution in [0.15, 0.2) is 24.3 Å². The number of halogens is 1. The van der Waals surface area contributed by atoms with Gasteiger partial charge in [-0.15, -0.1) is 0 Å². The lowest BCUT2D eigenvalue weighted by Gasteiger charge is -2.44. The SMILES string of the molecule is CCCCOC1C2OCc3ccccc3COCC(O[C@H]1F)[C@@H]2OCCCC. The van der Waals surface area contributed by atoms with Gasteiger partial charge in [-0.2, -0.15) is 0 Å². The van der Waals surface area contributed by atoms with Gasteiger partial charge >= 0.3 is 0 Å². The maximum absolute atomic E-state index is 14.9. The Morgan fingerprint density at radius 1 is 0.964 bits per heavy atom. The first-order valence-electron chi connectivity index (χ1n) is 10.5. The molecule has 0 spiro atoms. The normalized spacial score (nSPS) is 30.6. The third-order valence-corrected chi connectivity index (χ3v) is 5.28. The Hall–Kier alpha value is -1.05. The predicted octanol–water partition coefficient (Wildman–Crippen LogP) is 4.17. The van der Waals surface area contributed by atoms with Crippen molar-refractivity contribution in [3.05, 3.63) is 35.4 Å². The highest BCUT2D eigenvalue weighted by atomic mass is 19.1. The molecule has 0 amide bonds. The Kier molecular flexibility index (Phi) is 8.67. The molecule has 5 nitrogen and oxygen atoms in total. The van der Waals surface area contributed by atoms with Gasteiger partial charge < -0.3 is 23.7 Å². The summed E-state index contributed by atoms with van der Waals surface area (Å²) in [5.74, 6) is 0. The van der Waals surface area contributed by atoms with Gasteiger partial charge in [-0.25, -0.2) is 4.39 Å². The number of hydrogen-bond donors (Lipinski definition) is 0. The molecule has 3 unspecified atom stereocenters. The molecule has 5 atom stereocenters. The molecule has 1 saturated heterocycles. The fraction of sp³-hybridized carbons (Fsp3) is 0.727. The molecule has 2 heterocycles. The van der Waals surface area contributed by atoms with E-state index in [4.69, 9.17) is 23.7 Å².